The Hall–Kier alpha value is -2.57. The van der Waals surface area contributed by atoms with Crippen molar-refractivity contribution in [3.8, 4) is 0 Å². The van der Waals surface area contributed by atoms with E-state index in [1.165, 1.54) is 0 Å². The first kappa shape index (κ1) is 23.6. The van der Waals surface area contributed by atoms with Crippen molar-refractivity contribution in [2.24, 2.45) is 0 Å². The summed E-state index contributed by atoms with van der Waals surface area (Å²) in [7, 11) is 0. The molecule has 0 saturated carbocycles. The third kappa shape index (κ3) is 5.02. The summed E-state index contributed by atoms with van der Waals surface area (Å²) in [5.74, 6) is -1.17. The molecule has 1 atom stereocenters. The van der Waals surface area contributed by atoms with Crippen LogP contribution in [0, 0.1) is 0 Å². The largest absolute Gasteiger partial charge is 0.478 e. The number of benzene rings is 3. The smallest absolute Gasteiger partial charge is 0.335 e. The van der Waals surface area contributed by atoms with E-state index in [0.29, 0.717) is 39.2 Å². The van der Waals surface area contributed by atoms with E-state index in [1.54, 1.807) is 65.6 Å². The molecular formula is C25H20Cl3NO4. The van der Waals surface area contributed by atoms with E-state index in [0.717, 1.165) is 5.56 Å². The van der Waals surface area contributed by atoms with Gasteiger partial charge in [0.05, 0.1) is 22.2 Å². The van der Waals surface area contributed by atoms with Gasteiger partial charge in [0.15, 0.2) is 0 Å². The van der Waals surface area contributed by atoms with E-state index in [2.05, 4.69) is 0 Å². The number of halogens is 3. The van der Waals surface area contributed by atoms with Gasteiger partial charge in [-0.2, -0.15) is 0 Å². The molecule has 1 aliphatic heterocycles. The maximum atomic E-state index is 12.8. The molecule has 0 bridgehead atoms. The number of anilines is 1. The summed E-state index contributed by atoms with van der Waals surface area (Å²) in [4.78, 5) is 26.1. The van der Waals surface area contributed by atoms with E-state index >= 15 is 0 Å². The Kier molecular flexibility index (Phi) is 6.96. The van der Waals surface area contributed by atoms with Crippen molar-refractivity contribution in [3.63, 3.8) is 0 Å². The quantitative estimate of drug-likeness (QED) is 0.432. The van der Waals surface area contributed by atoms with Gasteiger partial charge in [0.1, 0.15) is 12.2 Å². The zero-order chi connectivity index (χ0) is 23.6. The highest BCUT2D eigenvalue weighted by Gasteiger charge is 2.42. The number of ether oxygens (including phenoxy) is 1. The van der Waals surface area contributed by atoms with Crippen molar-refractivity contribution >= 4 is 52.4 Å². The molecule has 3 aromatic carbocycles. The molecule has 0 aliphatic carbocycles. The molecule has 1 N–H and O–H groups in total. The third-order valence-electron chi connectivity index (χ3n) is 5.82. The lowest BCUT2D eigenvalue weighted by Crippen LogP contribution is -2.53. The van der Waals surface area contributed by atoms with Gasteiger partial charge in [0, 0.05) is 10.7 Å². The molecule has 0 aromatic heterocycles. The molecule has 0 radical (unpaired) electrons. The number of amides is 1. The molecule has 1 aliphatic rings. The highest BCUT2D eigenvalue weighted by atomic mass is 35.5. The fourth-order valence-electron chi connectivity index (χ4n) is 4.06. The topological polar surface area (TPSA) is 66.8 Å². The van der Waals surface area contributed by atoms with Crippen molar-refractivity contribution in [2.45, 2.75) is 18.4 Å². The summed E-state index contributed by atoms with van der Waals surface area (Å²) in [5.41, 5.74) is 1.46. The summed E-state index contributed by atoms with van der Waals surface area (Å²) in [6.07, 6.45) is 0.845. The van der Waals surface area contributed by atoms with Gasteiger partial charge in [0.2, 0.25) is 0 Å². The van der Waals surface area contributed by atoms with Crippen LogP contribution in [0.5, 0.6) is 0 Å². The van der Waals surface area contributed by atoms with E-state index in [-0.39, 0.29) is 24.6 Å². The van der Waals surface area contributed by atoms with Gasteiger partial charge in [-0.3, -0.25) is 4.79 Å². The number of aryl methyl sites for hydroxylation is 1. The van der Waals surface area contributed by atoms with E-state index < -0.39 is 11.6 Å². The SMILES string of the molecule is O=C(O)c1ccccc1CCC1(c2ccc(Cl)c(Cl)c2)CN(c2ccc(Cl)cc2)C(=O)CO1. The average Bonchev–Trinajstić information content (AvgIpc) is 2.81. The molecule has 1 saturated heterocycles. The van der Waals surface area contributed by atoms with Crippen LogP contribution in [0.4, 0.5) is 5.69 Å². The number of carboxylic acid groups (broad SMARTS) is 1. The van der Waals surface area contributed by atoms with E-state index in [4.69, 9.17) is 39.5 Å². The van der Waals surface area contributed by atoms with Crippen molar-refractivity contribution in [1.82, 2.24) is 0 Å². The molecule has 3 aromatic rings. The molecule has 1 unspecified atom stereocenters. The Balaban J connectivity index is 1.73. The second-order valence-corrected chi connectivity index (χ2v) is 9.08. The Morgan fingerprint density at radius 2 is 1.73 bits per heavy atom. The Morgan fingerprint density at radius 3 is 2.42 bits per heavy atom. The van der Waals surface area contributed by atoms with Crippen molar-refractivity contribution < 1.29 is 19.4 Å². The number of nitrogens with zero attached hydrogens (tertiary/aromatic N) is 1. The zero-order valence-corrected chi connectivity index (χ0v) is 19.7. The second kappa shape index (κ2) is 9.74. The molecule has 170 valence electrons. The molecule has 1 fully saturated rings. The summed E-state index contributed by atoms with van der Waals surface area (Å²) < 4.78 is 6.19. The Bertz CT molecular complexity index is 1200. The zero-order valence-electron chi connectivity index (χ0n) is 17.4. The van der Waals surface area contributed by atoms with Gasteiger partial charge in [-0.15, -0.1) is 0 Å². The van der Waals surface area contributed by atoms with Crippen LogP contribution in [-0.2, 0) is 21.6 Å². The minimum absolute atomic E-state index is 0.135. The number of carboxylic acids is 1. The van der Waals surface area contributed by atoms with Gasteiger partial charge in [0.25, 0.3) is 5.91 Å². The van der Waals surface area contributed by atoms with Crippen molar-refractivity contribution in [3.05, 3.63) is 98.5 Å². The first-order valence-electron chi connectivity index (χ1n) is 10.3. The monoisotopic (exact) mass is 503 g/mol. The number of rotatable bonds is 6. The number of hydrogen-bond acceptors (Lipinski definition) is 3. The third-order valence-corrected chi connectivity index (χ3v) is 6.81. The van der Waals surface area contributed by atoms with Crippen LogP contribution < -0.4 is 4.90 Å². The summed E-state index contributed by atoms with van der Waals surface area (Å²) >= 11 is 18.5. The van der Waals surface area contributed by atoms with Gasteiger partial charge < -0.3 is 14.7 Å². The van der Waals surface area contributed by atoms with Gasteiger partial charge in [-0.1, -0.05) is 59.1 Å². The number of carbonyl (C=O) groups excluding carboxylic acids is 1. The minimum Gasteiger partial charge on any atom is -0.478 e. The van der Waals surface area contributed by atoms with E-state index in [1.807, 2.05) is 6.07 Å². The number of morpholine rings is 1. The standard InChI is InChI=1S/C25H20Cl3NO4/c26-18-6-8-19(9-7-18)29-15-25(33-14-23(29)30,17-5-10-21(27)22(28)13-17)12-11-16-3-1-2-4-20(16)24(31)32/h1-10,13H,11-12,14-15H2,(H,31,32). The number of hydrogen-bond donors (Lipinski definition) is 1. The first-order chi connectivity index (χ1) is 15.8. The molecular weight excluding hydrogens is 485 g/mol. The molecule has 4 rings (SSSR count). The first-order valence-corrected chi connectivity index (χ1v) is 11.4. The lowest BCUT2D eigenvalue weighted by atomic mass is 9.85. The van der Waals surface area contributed by atoms with Crippen molar-refractivity contribution in [1.29, 1.82) is 0 Å². The van der Waals surface area contributed by atoms with Crippen LogP contribution in [0.2, 0.25) is 15.1 Å². The molecule has 1 amide bonds. The predicted molar refractivity (Wildman–Crippen MR) is 130 cm³/mol. The maximum absolute atomic E-state index is 12.8. The molecule has 5 nitrogen and oxygen atoms in total. The summed E-state index contributed by atoms with van der Waals surface area (Å²) in [6.45, 7) is 0.0874. The van der Waals surface area contributed by atoms with Gasteiger partial charge >= 0.3 is 5.97 Å². The molecule has 8 heteroatoms. The van der Waals surface area contributed by atoms with Gasteiger partial charge in [-0.25, -0.2) is 4.79 Å². The number of aromatic carboxylic acids is 1. The minimum atomic E-state index is -0.989. The average molecular weight is 505 g/mol. The Labute approximate surface area is 206 Å². The molecule has 1 heterocycles. The number of carbonyl (C=O) groups is 2. The lowest BCUT2D eigenvalue weighted by molar-refractivity contribution is -0.140. The maximum Gasteiger partial charge on any atom is 0.335 e. The van der Waals surface area contributed by atoms with Gasteiger partial charge in [-0.05, 0) is 66.4 Å². The van der Waals surface area contributed by atoms with Crippen molar-refractivity contribution in [2.75, 3.05) is 18.1 Å². The van der Waals surface area contributed by atoms with Crippen LogP contribution >= 0.6 is 34.8 Å². The van der Waals surface area contributed by atoms with Crippen LogP contribution in [0.1, 0.15) is 27.9 Å². The van der Waals surface area contributed by atoms with E-state index in [9.17, 15) is 14.7 Å². The normalized spacial score (nSPS) is 18.4. The fraction of sp³-hybridized carbons (Fsp3) is 0.200. The second-order valence-electron chi connectivity index (χ2n) is 7.83. The fourth-order valence-corrected chi connectivity index (χ4v) is 4.48. The highest BCUT2D eigenvalue weighted by molar-refractivity contribution is 6.42. The van der Waals surface area contributed by atoms with Crippen LogP contribution in [0.25, 0.3) is 0 Å². The summed E-state index contributed by atoms with van der Waals surface area (Å²) in [5, 5.41) is 10.9. The lowest BCUT2D eigenvalue weighted by Gasteiger charge is -2.43. The van der Waals surface area contributed by atoms with Crippen LogP contribution in [0.15, 0.2) is 66.7 Å². The van der Waals surface area contributed by atoms with Crippen LogP contribution in [0.3, 0.4) is 0 Å². The molecule has 0 spiro atoms. The molecule has 33 heavy (non-hydrogen) atoms. The predicted octanol–water partition coefficient (Wildman–Crippen LogP) is 6.24. The van der Waals surface area contributed by atoms with Crippen LogP contribution in [-0.4, -0.2) is 30.1 Å². The Morgan fingerprint density at radius 1 is 1.00 bits per heavy atom. The highest BCUT2D eigenvalue weighted by Crippen LogP contribution is 2.39. The summed E-state index contributed by atoms with van der Waals surface area (Å²) in [6, 6.07) is 19.1.